The largest absolute Gasteiger partial charge is 0.346 e. The Bertz CT molecular complexity index is 679. The van der Waals surface area contributed by atoms with Crippen molar-refractivity contribution in [2.75, 3.05) is 13.6 Å². The van der Waals surface area contributed by atoms with Crippen molar-refractivity contribution < 1.29 is 4.79 Å². The number of hydrogen-bond donors (Lipinski definition) is 1. The number of benzene rings is 1. The molecule has 0 aliphatic rings. The number of carbonyl (C=O) groups is 1. The van der Waals surface area contributed by atoms with Crippen molar-refractivity contribution in [2.24, 2.45) is 0 Å². The SMILES string of the molecule is CCCCN(C)C(=O)CCc1nc2ccccc2[nH]c1=O. The lowest BCUT2D eigenvalue weighted by atomic mass is 10.2. The Labute approximate surface area is 124 Å². The molecule has 0 fully saturated rings. The predicted octanol–water partition coefficient (Wildman–Crippen LogP) is 2.11. The van der Waals surface area contributed by atoms with Crippen molar-refractivity contribution >= 4 is 16.9 Å². The molecule has 2 aromatic rings. The lowest BCUT2D eigenvalue weighted by Gasteiger charge is -2.16. The molecule has 0 bridgehead atoms. The molecule has 0 saturated carbocycles. The highest BCUT2D eigenvalue weighted by Gasteiger charge is 2.11. The van der Waals surface area contributed by atoms with Gasteiger partial charge in [-0.1, -0.05) is 25.5 Å². The second kappa shape index (κ2) is 7.02. The molecule has 1 aromatic heterocycles. The van der Waals surface area contributed by atoms with Gasteiger partial charge in [-0.3, -0.25) is 9.59 Å². The number of hydrogen-bond acceptors (Lipinski definition) is 3. The fourth-order valence-electron chi connectivity index (χ4n) is 2.17. The molecule has 0 aliphatic heterocycles. The zero-order valence-corrected chi connectivity index (χ0v) is 12.6. The minimum atomic E-state index is -0.210. The predicted molar refractivity (Wildman–Crippen MR) is 83.2 cm³/mol. The highest BCUT2D eigenvalue weighted by atomic mass is 16.2. The van der Waals surface area contributed by atoms with Gasteiger partial charge in [0, 0.05) is 26.4 Å². The van der Waals surface area contributed by atoms with Crippen molar-refractivity contribution in [2.45, 2.75) is 32.6 Å². The first-order valence-electron chi connectivity index (χ1n) is 7.33. The smallest absolute Gasteiger partial charge is 0.270 e. The fourth-order valence-corrected chi connectivity index (χ4v) is 2.17. The van der Waals surface area contributed by atoms with Crippen LogP contribution in [0.5, 0.6) is 0 Å². The number of aromatic amines is 1. The molecule has 1 amide bonds. The molecule has 0 spiro atoms. The van der Waals surface area contributed by atoms with Crippen LogP contribution >= 0.6 is 0 Å². The van der Waals surface area contributed by atoms with E-state index in [0.29, 0.717) is 18.5 Å². The van der Waals surface area contributed by atoms with E-state index < -0.39 is 0 Å². The third-order valence-electron chi connectivity index (χ3n) is 3.52. The normalized spacial score (nSPS) is 10.8. The second-order valence-corrected chi connectivity index (χ2v) is 5.20. The summed E-state index contributed by atoms with van der Waals surface area (Å²) in [6.45, 7) is 2.85. The molecule has 0 aliphatic carbocycles. The summed E-state index contributed by atoms with van der Waals surface area (Å²) in [6, 6.07) is 7.40. The van der Waals surface area contributed by atoms with E-state index in [1.165, 1.54) is 0 Å². The Kier molecular flexibility index (Phi) is 5.09. The minimum absolute atomic E-state index is 0.0535. The van der Waals surface area contributed by atoms with E-state index in [-0.39, 0.29) is 11.5 Å². The minimum Gasteiger partial charge on any atom is -0.346 e. The number of rotatable bonds is 6. The van der Waals surface area contributed by atoms with Crippen LogP contribution in [-0.4, -0.2) is 34.4 Å². The molecule has 5 heteroatoms. The maximum atomic E-state index is 12.0. The topological polar surface area (TPSA) is 66.1 Å². The van der Waals surface area contributed by atoms with Gasteiger partial charge in [0.1, 0.15) is 5.69 Å². The average molecular weight is 287 g/mol. The van der Waals surface area contributed by atoms with Gasteiger partial charge in [-0.2, -0.15) is 0 Å². The Morgan fingerprint density at radius 2 is 2.10 bits per heavy atom. The number of para-hydroxylation sites is 2. The lowest BCUT2D eigenvalue weighted by molar-refractivity contribution is -0.129. The quantitative estimate of drug-likeness (QED) is 0.885. The number of nitrogens with one attached hydrogen (secondary N) is 1. The van der Waals surface area contributed by atoms with Gasteiger partial charge in [0.15, 0.2) is 0 Å². The number of amides is 1. The van der Waals surface area contributed by atoms with E-state index in [1.54, 1.807) is 11.9 Å². The summed E-state index contributed by atoms with van der Waals surface area (Å²) in [5, 5.41) is 0. The molecule has 1 N–H and O–H groups in total. The number of nitrogens with zero attached hydrogens (tertiary/aromatic N) is 2. The summed E-state index contributed by atoms with van der Waals surface area (Å²) in [5.74, 6) is 0.0535. The van der Waals surface area contributed by atoms with Gasteiger partial charge >= 0.3 is 0 Å². The van der Waals surface area contributed by atoms with Crippen molar-refractivity contribution in [1.29, 1.82) is 0 Å². The van der Waals surface area contributed by atoms with E-state index in [4.69, 9.17) is 0 Å². The van der Waals surface area contributed by atoms with Crippen LogP contribution in [0.3, 0.4) is 0 Å². The van der Waals surface area contributed by atoms with Crippen LogP contribution < -0.4 is 5.56 Å². The van der Waals surface area contributed by atoms with Gasteiger partial charge in [-0.15, -0.1) is 0 Å². The summed E-state index contributed by atoms with van der Waals surface area (Å²) in [4.78, 5) is 32.8. The van der Waals surface area contributed by atoms with Gasteiger partial charge < -0.3 is 9.88 Å². The number of carbonyl (C=O) groups excluding carboxylic acids is 1. The van der Waals surface area contributed by atoms with Gasteiger partial charge in [0.05, 0.1) is 11.0 Å². The number of fused-ring (bicyclic) bond motifs is 1. The van der Waals surface area contributed by atoms with Gasteiger partial charge in [0.25, 0.3) is 5.56 Å². The molecule has 21 heavy (non-hydrogen) atoms. The zero-order chi connectivity index (χ0) is 15.2. The van der Waals surface area contributed by atoms with E-state index >= 15 is 0 Å². The molecule has 0 radical (unpaired) electrons. The van der Waals surface area contributed by atoms with Gasteiger partial charge in [0.2, 0.25) is 5.91 Å². The number of unbranched alkanes of at least 4 members (excludes halogenated alkanes) is 1. The number of H-pyrrole nitrogens is 1. The van der Waals surface area contributed by atoms with Gasteiger partial charge in [-0.25, -0.2) is 4.98 Å². The first-order chi connectivity index (χ1) is 10.1. The molecular formula is C16H21N3O2. The highest BCUT2D eigenvalue weighted by Crippen LogP contribution is 2.07. The molecule has 1 heterocycles. The lowest BCUT2D eigenvalue weighted by Crippen LogP contribution is -2.28. The van der Waals surface area contributed by atoms with Crippen LogP contribution in [0.2, 0.25) is 0 Å². The van der Waals surface area contributed by atoms with Gasteiger partial charge in [-0.05, 0) is 18.6 Å². The summed E-state index contributed by atoms with van der Waals surface area (Å²) < 4.78 is 0. The molecule has 0 unspecified atom stereocenters. The van der Waals surface area contributed by atoms with Crippen LogP contribution in [0.1, 0.15) is 31.9 Å². The molecule has 1 aromatic carbocycles. The number of aryl methyl sites for hydroxylation is 1. The maximum absolute atomic E-state index is 12.0. The van der Waals surface area contributed by atoms with Crippen molar-refractivity contribution in [3.63, 3.8) is 0 Å². The van der Waals surface area contributed by atoms with Crippen molar-refractivity contribution in [3.8, 4) is 0 Å². The first-order valence-corrected chi connectivity index (χ1v) is 7.33. The molecule has 112 valence electrons. The molecule has 0 saturated heterocycles. The van der Waals surface area contributed by atoms with Crippen LogP contribution in [0, 0.1) is 0 Å². The highest BCUT2D eigenvalue weighted by molar-refractivity contribution is 5.76. The average Bonchev–Trinajstić information content (AvgIpc) is 2.50. The number of aromatic nitrogens is 2. The summed E-state index contributed by atoms with van der Waals surface area (Å²) in [6.07, 6.45) is 2.74. The maximum Gasteiger partial charge on any atom is 0.270 e. The van der Waals surface area contributed by atoms with Crippen molar-refractivity contribution in [3.05, 3.63) is 40.3 Å². The fraction of sp³-hybridized carbons (Fsp3) is 0.438. The van der Waals surface area contributed by atoms with E-state index in [9.17, 15) is 9.59 Å². The second-order valence-electron chi connectivity index (χ2n) is 5.20. The Hall–Kier alpha value is -2.17. The Balaban J connectivity index is 2.05. The zero-order valence-electron chi connectivity index (χ0n) is 12.6. The van der Waals surface area contributed by atoms with E-state index in [2.05, 4.69) is 16.9 Å². The summed E-state index contributed by atoms with van der Waals surface area (Å²) >= 11 is 0. The molecular weight excluding hydrogens is 266 g/mol. The molecule has 5 nitrogen and oxygen atoms in total. The van der Waals surface area contributed by atoms with Crippen LogP contribution in [0.15, 0.2) is 29.1 Å². The van der Waals surface area contributed by atoms with Crippen LogP contribution in [0.4, 0.5) is 0 Å². The summed E-state index contributed by atoms with van der Waals surface area (Å²) in [7, 11) is 1.80. The molecule has 0 atom stereocenters. The van der Waals surface area contributed by atoms with E-state index in [1.807, 2.05) is 24.3 Å². The Morgan fingerprint density at radius 3 is 2.86 bits per heavy atom. The monoisotopic (exact) mass is 287 g/mol. The summed E-state index contributed by atoms with van der Waals surface area (Å²) in [5.41, 5.74) is 1.68. The third-order valence-corrected chi connectivity index (χ3v) is 3.52. The van der Waals surface area contributed by atoms with Crippen molar-refractivity contribution in [1.82, 2.24) is 14.9 Å². The van der Waals surface area contributed by atoms with Crippen LogP contribution in [0.25, 0.3) is 11.0 Å². The Morgan fingerprint density at radius 1 is 1.33 bits per heavy atom. The standard InChI is InChI=1S/C16H21N3O2/c1-3-4-11-19(2)15(20)10-9-14-16(21)18-13-8-6-5-7-12(13)17-14/h5-8H,3-4,9-11H2,1-2H3,(H,18,21). The van der Waals surface area contributed by atoms with E-state index in [0.717, 1.165) is 30.4 Å². The molecule has 2 rings (SSSR count). The third kappa shape index (κ3) is 3.90. The first kappa shape index (κ1) is 15.2. The van der Waals surface area contributed by atoms with Crippen LogP contribution in [-0.2, 0) is 11.2 Å².